The van der Waals surface area contributed by atoms with Crippen molar-refractivity contribution in [2.45, 2.75) is 18.8 Å². The van der Waals surface area contributed by atoms with E-state index in [2.05, 4.69) is 72.0 Å². The molecular formula is C27H25N3O2. The number of anilines is 1. The van der Waals surface area contributed by atoms with E-state index < -0.39 is 0 Å². The Labute approximate surface area is 187 Å². The average molecular weight is 424 g/mol. The second kappa shape index (κ2) is 8.08. The van der Waals surface area contributed by atoms with Crippen LogP contribution in [0.1, 0.15) is 28.3 Å². The van der Waals surface area contributed by atoms with Crippen molar-refractivity contribution in [3.63, 3.8) is 0 Å². The zero-order valence-electron chi connectivity index (χ0n) is 17.8. The Morgan fingerprint density at radius 3 is 2.25 bits per heavy atom. The summed E-state index contributed by atoms with van der Waals surface area (Å²) in [6.45, 7) is 2.11. The maximum atomic E-state index is 5.81. The lowest BCUT2D eigenvalue weighted by atomic mass is 9.86. The first-order valence-corrected chi connectivity index (χ1v) is 11.2. The van der Waals surface area contributed by atoms with Gasteiger partial charge in [-0.05, 0) is 29.7 Å². The first-order valence-electron chi connectivity index (χ1n) is 11.2. The van der Waals surface area contributed by atoms with Gasteiger partial charge in [-0.1, -0.05) is 60.7 Å². The van der Waals surface area contributed by atoms with E-state index in [1.54, 1.807) is 0 Å². The minimum Gasteiger partial charge on any atom is -0.486 e. The summed E-state index contributed by atoms with van der Waals surface area (Å²) in [5, 5.41) is 8.65. The van der Waals surface area contributed by atoms with Crippen LogP contribution in [0.3, 0.4) is 0 Å². The number of hydrogen-bond acceptors (Lipinski definition) is 4. The quantitative estimate of drug-likeness (QED) is 0.492. The highest BCUT2D eigenvalue weighted by Crippen LogP contribution is 2.37. The van der Waals surface area contributed by atoms with Gasteiger partial charge in [0.25, 0.3) is 0 Å². The number of nitrogens with zero attached hydrogens (tertiary/aromatic N) is 2. The molecule has 0 bridgehead atoms. The third-order valence-electron chi connectivity index (χ3n) is 6.31. The van der Waals surface area contributed by atoms with Crippen molar-refractivity contribution in [3.05, 3.63) is 101 Å². The molecule has 6 rings (SSSR count). The number of hydrogen-bond donors (Lipinski definition) is 1. The van der Waals surface area contributed by atoms with Crippen molar-refractivity contribution in [3.8, 4) is 17.2 Å². The van der Waals surface area contributed by atoms with Crippen molar-refractivity contribution in [2.75, 3.05) is 25.1 Å². The van der Waals surface area contributed by atoms with Crippen LogP contribution in [0.2, 0.25) is 0 Å². The molecule has 5 heteroatoms. The molecule has 0 spiro atoms. The van der Waals surface area contributed by atoms with E-state index >= 15 is 0 Å². The molecule has 0 atom stereocenters. The van der Waals surface area contributed by atoms with Crippen LogP contribution in [0, 0.1) is 0 Å². The summed E-state index contributed by atoms with van der Waals surface area (Å²) in [7, 11) is 0. The van der Waals surface area contributed by atoms with E-state index in [4.69, 9.17) is 14.6 Å². The number of nitrogens with one attached hydrogen (secondary N) is 1. The van der Waals surface area contributed by atoms with E-state index in [1.165, 1.54) is 16.7 Å². The van der Waals surface area contributed by atoms with Gasteiger partial charge in [0, 0.05) is 30.5 Å². The number of rotatable bonds is 5. The number of benzene rings is 3. The summed E-state index contributed by atoms with van der Waals surface area (Å²) in [4.78, 5) is 0. The largest absolute Gasteiger partial charge is 0.486 e. The molecule has 0 amide bonds. The molecule has 0 aliphatic carbocycles. The first-order chi connectivity index (χ1) is 15.9. The maximum Gasteiger partial charge on any atom is 0.163 e. The van der Waals surface area contributed by atoms with Gasteiger partial charge in [-0.15, -0.1) is 0 Å². The lowest BCUT2D eigenvalue weighted by molar-refractivity contribution is 0.171. The fourth-order valence-corrected chi connectivity index (χ4v) is 4.75. The van der Waals surface area contributed by atoms with Crippen molar-refractivity contribution in [2.24, 2.45) is 0 Å². The van der Waals surface area contributed by atoms with Crippen molar-refractivity contribution in [1.82, 2.24) is 9.78 Å². The molecule has 2 aliphatic rings. The molecule has 5 nitrogen and oxygen atoms in total. The van der Waals surface area contributed by atoms with Gasteiger partial charge in [0.2, 0.25) is 0 Å². The average Bonchev–Trinajstić information content (AvgIpc) is 3.47. The van der Waals surface area contributed by atoms with Gasteiger partial charge in [0.05, 0.1) is 11.4 Å². The molecular weight excluding hydrogens is 398 g/mol. The van der Waals surface area contributed by atoms with Gasteiger partial charge in [0.15, 0.2) is 11.5 Å². The Balaban J connectivity index is 1.40. The molecule has 32 heavy (non-hydrogen) atoms. The summed E-state index contributed by atoms with van der Waals surface area (Å²) in [6.07, 6.45) is 1.85. The lowest BCUT2D eigenvalue weighted by Crippen LogP contribution is -2.15. The summed E-state index contributed by atoms with van der Waals surface area (Å²) >= 11 is 0. The molecule has 3 aromatic carbocycles. The monoisotopic (exact) mass is 423 g/mol. The fraction of sp³-hybridized carbons (Fsp3) is 0.222. The van der Waals surface area contributed by atoms with Crippen LogP contribution < -0.4 is 14.8 Å². The molecule has 1 N–H and O–H groups in total. The lowest BCUT2D eigenvalue weighted by Gasteiger charge is -2.19. The van der Waals surface area contributed by atoms with Crippen LogP contribution in [0.4, 0.5) is 5.82 Å². The molecule has 2 aliphatic heterocycles. The van der Waals surface area contributed by atoms with Crippen molar-refractivity contribution >= 4 is 5.82 Å². The fourth-order valence-electron chi connectivity index (χ4n) is 4.75. The number of aromatic nitrogens is 2. The van der Waals surface area contributed by atoms with Crippen LogP contribution in [-0.2, 0) is 12.8 Å². The van der Waals surface area contributed by atoms with Gasteiger partial charge in [0.1, 0.15) is 19.0 Å². The summed E-state index contributed by atoms with van der Waals surface area (Å²) in [6, 6.07) is 27.5. The van der Waals surface area contributed by atoms with E-state index in [9.17, 15) is 0 Å². The SMILES string of the molecule is c1ccc(C(Cc2nn(-c3ccc4c(c3)OCCO4)c3c2CCN3)c2ccccc2)cc1. The minimum absolute atomic E-state index is 0.255. The smallest absolute Gasteiger partial charge is 0.163 e. The topological polar surface area (TPSA) is 48.3 Å². The van der Waals surface area contributed by atoms with Gasteiger partial charge >= 0.3 is 0 Å². The highest BCUT2D eigenvalue weighted by Gasteiger charge is 2.26. The summed E-state index contributed by atoms with van der Waals surface area (Å²) in [5.41, 5.74) is 6.08. The van der Waals surface area contributed by atoms with Gasteiger partial charge in [-0.25, -0.2) is 4.68 Å². The van der Waals surface area contributed by atoms with Crippen molar-refractivity contribution in [1.29, 1.82) is 0 Å². The van der Waals surface area contributed by atoms with E-state index in [0.29, 0.717) is 13.2 Å². The number of fused-ring (bicyclic) bond motifs is 2. The minimum atomic E-state index is 0.255. The van der Waals surface area contributed by atoms with E-state index in [0.717, 1.165) is 48.1 Å². The maximum absolute atomic E-state index is 5.81. The Morgan fingerprint density at radius 1 is 0.844 bits per heavy atom. The van der Waals surface area contributed by atoms with Crippen LogP contribution in [-0.4, -0.2) is 29.5 Å². The molecule has 0 saturated carbocycles. The second-order valence-corrected chi connectivity index (χ2v) is 8.27. The molecule has 0 radical (unpaired) electrons. The summed E-state index contributed by atoms with van der Waals surface area (Å²) < 4.78 is 13.5. The standard InChI is InChI=1S/C27H25N3O2/c1-3-7-19(8-4-1)23(20-9-5-2-6-10-20)18-24-22-13-14-28-27(22)30(29-24)21-11-12-25-26(17-21)32-16-15-31-25/h1-12,17,23,28H,13-16,18H2. The highest BCUT2D eigenvalue weighted by atomic mass is 16.6. The molecule has 3 heterocycles. The van der Waals surface area contributed by atoms with Gasteiger partial charge < -0.3 is 14.8 Å². The Hall–Kier alpha value is -3.73. The van der Waals surface area contributed by atoms with Crippen LogP contribution in [0.15, 0.2) is 78.9 Å². The first kappa shape index (κ1) is 19.0. The highest BCUT2D eigenvalue weighted by molar-refractivity contribution is 5.59. The molecule has 0 saturated heterocycles. The van der Waals surface area contributed by atoms with E-state index in [1.807, 2.05) is 16.8 Å². The Bertz CT molecular complexity index is 1200. The summed E-state index contributed by atoms with van der Waals surface area (Å²) in [5.74, 6) is 2.93. The molecule has 0 fully saturated rings. The van der Waals surface area contributed by atoms with Gasteiger partial charge in [-0.2, -0.15) is 5.10 Å². The van der Waals surface area contributed by atoms with Crippen LogP contribution in [0.5, 0.6) is 11.5 Å². The second-order valence-electron chi connectivity index (χ2n) is 8.27. The van der Waals surface area contributed by atoms with Gasteiger partial charge in [-0.3, -0.25) is 0 Å². The molecule has 160 valence electrons. The molecule has 0 unspecified atom stereocenters. The molecule has 1 aromatic heterocycles. The van der Waals surface area contributed by atoms with Crippen molar-refractivity contribution < 1.29 is 9.47 Å². The number of ether oxygens (including phenoxy) is 2. The molecule has 4 aromatic rings. The zero-order chi connectivity index (χ0) is 21.3. The third kappa shape index (κ3) is 3.40. The zero-order valence-corrected chi connectivity index (χ0v) is 17.8. The Kier molecular flexibility index (Phi) is 4.79. The normalized spacial score (nSPS) is 14.3. The Morgan fingerprint density at radius 2 is 1.53 bits per heavy atom. The van der Waals surface area contributed by atoms with Crippen LogP contribution >= 0.6 is 0 Å². The predicted octanol–water partition coefficient (Wildman–Crippen LogP) is 4.99. The van der Waals surface area contributed by atoms with E-state index in [-0.39, 0.29) is 5.92 Å². The van der Waals surface area contributed by atoms with Crippen LogP contribution in [0.25, 0.3) is 5.69 Å². The predicted molar refractivity (Wildman–Crippen MR) is 125 cm³/mol. The third-order valence-corrected chi connectivity index (χ3v) is 6.31.